The van der Waals surface area contributed by atoms with Gasteiger partial charge in [0.25, 0.3) is 5.24 Å². The van der Waals surface area contributed by atoms with Crippen molar-refractivity contribution in [1.29, 1.82) is 0 Å². The molecule has 3 rings (SSSR count). The van der Waals surface area contributed by atoms with Crippen molar-refractivity contribution in [3.63, 3.8) is 0 Å². The highest BCUT2D eigenvalue weighted by atomic mass is 35.5. The van der Waals surface area contributed by atoms with Crippen LogP contribution in [0.25, 0.3) is 21.5 Å². The summed E-state index contributed by atoms with van der Waals surface area (Å²) in [6, 6.07) is 11.9. The van der Waals surface area contributed by atoms with Gasteiger partial charge in [0, 0.05) is 5.56 Å². The Hall–Kier alpha value is -2.07. The molecule has 106 valence electrons. The van der Waals surface area contributed by atoms with Gasteiger partial charge in [-0.3, -0.25) is 4.79 Å². The molecule has 1 nitrogen and oxygen atoms in total. The molecule has 3 aromatic rings. The smallest absolute Gasteiger partial charge is 0.276 e. The summed E-state index contributed by atoms with van der Waals surface area (Å²) in [6.45, 7) is 0. The second-order valence-corrected chi connectivity index (χ2v) is 5.02. The van der Waals surface area contributed by atoms with E-state index in [2.05, 4.69) is 0 Å². The fourth-order valence-electron chi connectivity index (χ4n) is 2.44. The molecular weight excluding hydrogens is 301 g/mol. The molecule has 0 bridgehead atoms. The minimum atomic E-state index is -4.43. The number of rotatable bonds is 1. The lowest BCUT2D eigenvalue weighted by atomic mass is 9.96. The molecule has 0 amide bonds. The first-order chi connectivity index (χ1) is 9.88. The molecule has 0 aliphatic rings. The normalized spacial score (nSPS) is 12.0. The summed E-state index contributed by atoms with van der Waals surface area (Å²) in [5.41, 5.74) is -0.543. The van der Waals surface area contributed by atoms with Crippen LogP contribution in [-0.2, 0) is 6.18 Å². The van der Waals surface area contributed by atoms with Crippen LogP contribution < -0.4 is 0 Å². The fraction of sp³-hybridized carbons (Fsp3) is 0.0625. The van der Waals surface area contributed by atoms with Gasteiger partial charge >= 0.3 is 6.18 Å². The van der Waals surface area contributed by atoms with Gasteiger partial charge in [0.15, 0.2) is 0 Å². The third kappa shape index (κ3) is 2.36. The summed E-state index contributed by atoms with van der Waals surface area (Å²) in [5, 5.41) is 1.42. The lowest BCUT2D eigenvalue weighted by molar-refractivity contribution is -0.137. The maximum absolute atomic E-state index is 12.9. The molecule has 0 N–H and O–H groups in total. The molecule has 0 heterocycles. The third-order valence-electron chi connectivity index (χ3n) is 3.40. The molecule has 0 saturated carbocycles. The summed E-state index contributed by atoms with van der Waals surface area (Å²) < 4.78 is 38.6. The zero-order valence-corrected chi connectivity index (χ0v) is 11.3. The van der Waals surface area contributed by atoms with Crippen molar-refractivity contribution in [2.75, 3.05) is 0 Å². The van der Waals surface area contributed by atoms with Crippen molar-refractivity contribution in [2.24, 2.45) is 0 Å². The van der Waals surface area contributed by atoms with Crippen molar-refractivity contribution in [3.05, 3.63) is 59.7 Å². The van der Waals surface area contributed by atoms with Crippen LogP contribution in [0, 0.1) is 0 Å². The quantitative estimate of drug-likeness (QED) is 0.435. The summed E-state index contributed by atoms with van der Waals surface area (Å²) in [5.74, 6) is 0. The number of alkyl halides is 3. The monoisotopic (exact) mass is 308 g/mol. The van der Waals surface area contributed by atoms with E-state index < -0.39 is 17.0 Å². The summed E-state index contributed by atoms with van der Waals surface area (Å²) in [7, 11) is 0. The minimum absolute atomic E-state index is 0.207. The van der Waals surface area contributed by atoms with Crippen LogP contribution in [0.3, 0.4) is 0 Å². The summed E-state index contributed by atoms with van der Waals surface area (Å²) >= 11 is 5.55. The number of carbonyl (C=O) groups is 1. The van der Waals surface area contributed by atoms with Crippen LogP contribution in [0.4, 0.5) is 13.2 Å². The van der Waals surface area contributed by atoms with Gasteiger partial charge in [-0.25, -0.2) is 0 Å². The highest BCUT2D eigenvalue weighted by molar-refractivity contribution is 6.68. The Morgan fingerprint density at radius 1 is 0.905 bits per heavy atom. The van der Waals surface area contributed by atoms with E-state index in [9.17, 15) is 18.0 Å². The molecule has 0 aliphatic carbocycles. The number of carbonyl (C=O) groups excluding carboxylic acids is 1. The standard InChI is InChI=1S/C16H8ClF3O/c17-15(21)14-7-9-3-1-2-4-11(9)13-8-10(16(18,19)20)5-6-12(13)14/h1-8H. The number of fused-ring (bicyclic) bond motifs is 3. The van der Waals surface area contributed by atoms with E-state index in [1.54, 1.807) is 30.3 Å². The topological polar surface area (TPSA) is 17.1 Å². The highest BCUT2D eigenvalue weighted by Crippen LogP contribution is 2.35. The Labute approximate surface area is 122 Å². The fourth-order valence-corrected chi connectivity index (χ4v) is 2.60. The SMILES string of the molecule is O=C(Cl)c1cc2ccccc2c2cc(C(F)(F)F)ccc12. The first kappa shape index (κ1) is 13.9. The highest BCUT2D eigenvalue weighted by Gasteiger charge is 2.30. The molecule has 0 fully saturated rings. The Morgan fingerprint density at radius 2 is 1.62 bits per heavy atom. The van der Waals surface area contributed by atoms with Crippen molar-refractivity contribution >= 4 is 38.4 Å². The second kappa shape index (κ2) is 4.74. The number of hydrogen-bond donors (Lipinski definition) is 0. The second-order valence-electron chi connectivity index (χ2n) is 4.68. The molecule has 0 atom stereocenters. The average molecular weight is 309 g/mol. The van der Waals surface area contributed by atoms with Crippen molar-refractivity contribution in [2.45, 2.75) is 6.18 Å². The predicted octanol–water partition coefficient (Wildman–Crippen LogP) is 5.39. The Morgan fingerprint density at radius 3 is 2.29 bits per heavy atom. The van der Waals surface area contributed by atoms with Crippen LogP contribution in [0.15, 0.2) is 48.5 Å². The van der Waals surface area contributed by atoms with Gasteiger partial charge < -0.3 is 0 Å². The van der Waals surface area contributed by atoms with Gasteiger partial charge in [-0.15, -0.1) is 0 Å². The van der Waals surface area contributed by atoms with E-state index >= 15 is 0 Å². The van der Waals surface area contributed by atoms with Crippen LogP contribution in [0.2, 0.25) is 0 Å². The first-order valence-corrected chi connectivity index (χ1v) is 6.48. The molecule has 0 aromatic heterocycles. The zero-order chi connectivity index (χ0) is 15.2. The zero-order valence-electron chi connectivity index (χ0n) is 10.5. The molecular formula is C16H8ClF3O. The maximum Gasteiger partial charge on any atom is 0.416 e. The van der Waals surface area contributed by atoms with Gasteiger partial charge in [-0.1, -0.05) is 30.3 Å². The van der Waals surface area contributed by atoms with E-state index in [0.717, 1.165) is 12.1 Å². The minimum Gasteiger partial charge on any atom is -0.276 e. The largest absolute Gasteiger partial charge is 0.416 e. The van der Waals surface area contributed by atoms with Gasteiger partial charge in [0.1, 0.15) is 0 Å². The number of benzene rings is 3. The molecule has 0 radical (unpaired) electrons. The van der Waals surface area contributed by atoms with Crippen LogP contribution in [-0.4, -0.2) is 5.24 Å². The molecule has 0 spiro atoms. The van der Waals surface area contributed by atoms with E-state index in [4.69, 9.17) is 11.6 Å². The third-order valence-corrected chi connectivity index (χ3v) is 3.60. The van der Waals surface area contributed by atoms with E-state index in [-0.39, 0.29) is 5.56 Å². The van der Waals surface area contributed by atoms with Crippen molar-refractivity contribution < 1.29 is 18.0 Å². The summed E-state index contributed by atoms with van der Waals surface area (Å²) in [6.07, 6.45) is -4.43. The van der Waals surface area contributed by atoms with Gasteiger partial charge in [-0.05, 0) is 51.3 Å². The van der Waals surface area contributed by atoms with Crippen molar-refractivity contribution in [1.82, 2.24) is 0 Å². The lowest BCUT2D eigenvalue weighted by Gasteiger charge is -2.11. The molecule has 21 heavy (non-hydrogen) atoms. The first-order valence-electron chi connectivity index (χ1n) is 6.10. The average Bonchev–Trinajstić information content (AvgIpc) is 2.44. The van der Waals surface area contributed by atoms with E-state index in [0.29, 0.717) is 21.5 Å². The van der Waals surface area contributed by atoms with Gasteiger partial charge in [0.2, 0.25) is 0 Å². The van der Waals surface area contributed by atoms with Gasteiger partial charge in [-0.2, -0.15) is 13.2 Å². The molecule has 3 aromatic carbocycles. The van der Waals surface area contributed by atoms with E-state index in [1.165, 1.54) is 6.07 Å². The molecule has 0 aliphatic heterocycles. The summed E-state index contributed by atoms with van der Waals surface area (Å²) in [4.78, 5) is 11.5. The molecule has 5 heteroatoms. The maximum atomic E-state index is 12.9. The molecule has 0 saturated heterocycles. The molecule has 0 unspecified atom stereocenters. The van der Waals surface area contributed by atoms with Crippen LogP contribution >= 0.6 is 11.6 Å². The Balaban J connectivity index is 2.48. The lowest BCUT2D eigenvalue weighted by Crippen LogP contribution is -2.04. The Bertz CT molecular complexity index is 868. The van der Waals surface area contributed by atoms with Gasteiger partial charge in [0.05, 0.1) is 5.56 Å². The Kier molecular flexibility index (Phi) is 3.14. The number of hydrogen-bond acceptors (Lipinski definition) is 1. The van der Waals surface area contributed by atoms with Crippen LogP contribution in [0.1, 0.15) is 15.9 Å². The predicted molar refractivity (Wildman–Crippen MR) is 76.6 cm³/mol. The van der Waals surface area contributed by atoms with E-state index in [1.807, 2.05) is 0 Å². The number of halogens is 4. The van der Waals surface area contributed by atoms with Crippen molar-refractivity contribution in [3.8, 4) is 0 Å². The van der Waals surface area contributed by atoms with Crippen LogP contribution in [0.5, 0.6) is 0 Å².